The smallest absolute Gasteiger partial charge is 0.262 e. The molecular formula is C39H47ClFN9O5S. The summed E-state index contributed by atoms with van der Waals surface area (Å²) in [6.07, 6.45) is 7.48. The van der Waals surface area contributed by atoms with E-state index in [-0.39, 0.29) is 35.7 Å². The van der Waals surface area contributed by atoms with Gasteiger partial charge >= 0.3 is 0 Å². The molecule has 2 aromatic carbocycles. The summed E-state index contributed by atoms with van der Waals surface area (Å²) in [6.45, 7) is 6.76. The number of halogens is 2. The highest BCUT2D eigenvalue weighted by molar-refractivity contribution is 7.82. The van der Waals surface area contributed by atoms with Crippen molar-refractivity contribution in [2.24, 2.45) is 5.92 Å². The third kappa shape index (κ3) is 8.72. The van der Waals surface area contributed by atoms with Crippen molar-refractivity contribution in [2.75, 3.05) is 81.1 Å². The second kappa shape index (κ2) is 17.7. The fourth-order valence-corrected chi connectivity index (χ4v) is 9.50. The zero-order valence-electron chi connectivity index (χ0n) is 31.4. The van der Waals surface area contributed by atoms with Gasteiger partial charge in [-0.15, -0.1) is 0 Å². The van der Waals surface area contributed by atoms with Gasteiger partial charge in [0.2, 0.25) is 11.9 Å². The van der Waals surface area contributed by atoms with E-state index >= 15 is 4.39 Å². The van der Waals surface area contributed by atoms with Crippen molar-refractivity contribution in [2.45, 2.75) is 55.5 Å². The van der Waals surface area contributed by atoms with Crippen LogP contribution in [0.15, 0.2) is 53.7 Å². The average molecular weight is 808 g/mol. The van der Waals surface area contributed by atoms with Gasteiger partial charge in [0.05, 0.1) is 39.1 Å². The van der Waals surface area contributed by atoms with Crippen molar-refractivity contribution in [3.63, 3.8) is 0 Å². The number of rotatable bonds is 13. The highest BCUT2D eigenvalue weighted by Crippen LogP contribution is 2.33. The summed E-state index contributed by atoms with van der Waals surface area (Å²) in [4.78, 5) is 66.9. The summed E-state index contributed by atoms with van der Waals surface area (Å²) < 4.78 is 31.1. The highest BCUT2D eigenvalue weighted by atomic mass is 35.5. The number of aldehydes is 1. The quantitative estimate of drug-likeness (QED) is 0.193. The number of carbonyl (C=O) groups excluding carboxylic acids is 4. The van der Waals surface area contributed by atoms with Crippen molar-refractivity contribution >= 4 is 63.9 Å². The van der Waals surface area contributed by atoms with Gasteiger partial charge in [0.25, 0.3) is 11.8 Å². The molecule has 0 spiro atoms. The van der Waals surface area contributed by atoms with Crippen LogP contribution in [-0.2, 0) is 20.6 Å². The zero-order chi connectivity index (χ0) is 39.3. The molecule has 5 heterocycles. The number of nitrogens with one attached hydrogen (secondary N) is 2. The molecule has 3 fully saturated rings. The molecule has 0 bridgehead atoms. The van der Waals surface area contributed by atoms with Crippen LogP contribution >= 0.6 is 11.6 Å². The Bertz CT molecular complexity index is 1950. The van der Waals surface area contributed by atoms with Crippen molar-refractivity contribution < 1.29 is 27.8 Å². The number of nitrogens with zero attached hydrogens (tertiary/aromatic N) is 7. The van der Waals surface area contributed by atoms with Crippen LogP contribution in [0.1, 0.15) is 59.2 Å². The maximum Gasteiger partial charge on any atom is 0.262 e. The number of hydrogen-bond acceptors (Lipinski definition) is 11. The number of anilines is 3. The number of piperazine rings is 1. The lowest BCUT2D eigenvalue weighted by Crippen LogP contribution is -2.49. The van der Waals surface area contributed by atoms with Crippen LogP contribution in [0.3, 0.4) is 0 Å². The average Bonchev–Trinajstić information content (AvgIpc) is 3.46. The van der Waals surface area contributed by atoms with Crippen LogP contribution in [0.4, 0.5) is 21.7 Å². The predicted octanol–water partition coefficient (Wildman–Crippen LogP) is 3.60. The largest absolute Gasteiger partial charge is 0.371 e. The number of hydrogen-bond donors (Lipinski definition) is 2. The third-order valence-corrected chi connectivity index (χ3v) is 13.0. The molecule has 298 valence electrons. The molecular weight excluding hydrogens is 761 g/mol. The van der Waals surface area contributed by atoms with Crippen LogP contribution in [0.25, 0.3) is 0 Å². The van der Waals surface area contributed by atoms with Gasteiger partial charge in [-0.2, -0.15) is 0 Å². The molecule has 4 aliphatic rings. The monoisotopic (exact) mass is 807 g/mol. The summed E-state index contributed by atoms with van der Waals surface area (Å²) in [5.74, 6) is -1.48. The number of imide groups is 1. The Morgan fingerprint density at radius 2 is 1.62 bits per heavy atom. The Kier molecular flexibility index (Phi) is 12.6. The Balaban J connectivity index is 0.878. The summed E-state index contributed by atoms with van der Waals surface area (Å²) in [7, 11) is 0.142. The van der Waals surface area contributed by atoms with Gasteiger partial charge in [-0.3, -0.25) is 24.2 Å². The number of piperidine rings is 2. The number of likely N-dealkylation sites (N-methyl/N-ethyl adjacent to an activating group) is 1. The molecule has 0 radical (unpaired) electrons. The number of amides is 3. The Morgan fingerprint density at radius 3 is 2.29 bits per heavy atom. The molecule has 2 atom stereocenters. The fourth-order valence-electron chi connectivity index (χ4n) is 8.15. The first-order chi connectivity index (χ1) is 27.1. The number of fused-ring (bicyclic) bond motifs is 1. The molecule has 2 unspecified atom stereocenters. The summed E-state index contributed by atoms with van der Waals surface area (Å²) in [5, 5.41) is 6.30. The van der Waals surface area contributed by atoms with E-state index in [1.807, 2.05) is 21.3 Å². The lowest BCUT2D eigenvalue weighted by molar-refractivity contribution is -0.124. The Labute approximate surface area is 333 Å². The summed E-state index contributed by atoms with van der Waals surface area (Å²) in [5.41, 5.74) is 1.34. The van der Waals surface area contributed by atoms with Crippen LogP contribution in [-0.4, -0.2) is 130 Å². The van der Waals surface area contributed by atoms with E-state index in [0.717, 1.165) is 80.0 Å². The zero-order valence-corrected chi connectivity index (χ0v) is 32.9. The second-order valence-electron chi connectivity index (χ2n) is 14.7. The third-order valence-electron chi connectivity index (χ3n) is 11.3. The maximum atomic E-state index is 15.5. The fraction of sp³-hybridized carbons (Fsp3) is 0.487. The van der Waals surface area contributed by atoms with E-state index < -0.39 is 40.6 Å². The molecule has 3 aromatic rings. The van der Waals surface area contributed by atoms with E-state index in [1.165, 1.54) is 13.1 Å². The van der Waals surface area contributed by atoms with Gasteiger partial charge in [0, 0.05) is 84.1 Å². The molecule has 17 heteroatoms. The molecule has 7 rings (SSSR count). The van der Waals surface area contributed by atoms with Gasteiger partial charge in [-0.25, -0.2) is 22.9 Å². The molecule has 14 nitrogen and oxygen atoms in total. The van der Waals surface area contributed by atoms with Crippen LogP contribution in [0.2, 0.25) is 5.02 Å². The molecule has 0 saturated carbocycles. The van der Waals surface area contributed by atoms with Gasteiger partial charge in [-0.05, 0) is 68.4 Å². The van der Waals surface area contributed by atoms with Crippen molar-refractivity contribution in [3.8, 4) is 0 Å². The molecule has 0 aliphatic carbocycles. The number of benzene rings is 2. The predicted molar refractivity (Wildman–Crippen MR) is 212 cm³/mol. The standard InChI is InChI=1S/C39H47ClFN9O5S/c1-42-36(52)34(6-3-19-51)50-37(53)31-21-33(41)35(22-32(31)38(50)54)48-17-15-46(16-18-48)25-26-7-11-47(12-8-26)29-4-2-5-30(20-29)56(55)49-13-9-28(10-14-49)45-39-43-23-27(40)24-44-39/h2,4-5,19-24,26,28,34H,3,6-18,25H2,1H3,(H,42,52)(H,43,44,45). The van der Waals surface area contributed by atoms with Gasteiger partial charge in [-0.1, -0.05) is 17.7 Å². The molecule has 1 aromatic heterocycles. The Hall–Kier alpha value is -4.51. The first kappa shape index (κ1) is 39.7. The van der Waals surface area contributed by atoms with E-state index in [1.54, 1.807) is 12.4 Å². The lowest BCUT2D eigenvalue weighted by atomic mass is 9.95. The maximum absolute atomic E-state index is 15.5. The topological polar surface area (TPSA) is 151 Å². The minimum absolute atomic E-state index is 0.00490. The van der Waals surface area contributed by atoms with E-state index in [2.05, 4.69) is 42.5 Å². The first-order valence-corrected chi connectivity index (χ1v) is 20.7. The summed E-state index contributed by atoms with van der Waals surface area (Å²) in [6, 6.07) is 9.67. The van der Waals surface area contributed by atoms with Crippen molar-refractivity contribution in [3.05, 3.63) is 70.8 Å². The van der Waals surface area contributed by atoms with Crippen LogP contribution in [0, 0.1) is 11.7 Å². The molecule has 2 N–H and O–H groups in total. The highest BCUT2D eigenvalue weighted by Gasteiger charge is 2.43. The van der Waals surface area contributed by atoms with Crippen LogP contribution in [0.5, 0.6) is 0 Å². The molecule has 4 aliphatic heterocycles. The van der Waals surface area contributed by atoms with Gasteiger partial charge in [0.1, 0.15) is 29.1 Å². The normalized spacial score (nSPS) is 19.9. The van der Waals surface area contributed by atoms with E-state index in [4.69, 9.17) is 11.6 Å². The minimum atomic E-state index is -1.25. The minimum Gasteiger partial charge on any atom is -0.371 e. The molecule has 56 heavy (non-hydrogen) atoms. The van der Waals surface area contributed by atoms with E-state index in [0.29, 0.717) is 49.4 Å². The lowest BCUT2D eigenvalue weighted by Gasteiger charge is -2.40. The van der Waals surface area contributed by atoms with E-state index in [9.17, 15) is 23.4 Å². The van der Waals surface area contributed by atoms with Crippen molar-refractivity contribution in [1.29, 1.82) is 0 Å². The SMILES string of the molecule is CNC(=O)C(CCC=O)N1C(=O)c2cc(F)c(N3CCN(CC4CCN(c5cccc(S(=O)N6CCC(Nc7ncc(Cl)cn7)CC6)c5)CC4)CC3)cc2C1=O. The van der Waals surface area contributed by atoms with Crippen LogP contribution < -0.4 is 20.4 Å². The number of carbonyl (C=O) groups is 4. The van der Waals surface area contributed by atoms with Gasteiger partial charge < -0.3 is 25.2 Å². The Morgan fingerprint density at radius 1 is 0.946 bits per heavy atom. The first-order valence-electron chi connectivity index (χ1n) is 19.2. The van der Waals surface area contributed by atoms with Crippen molar-refractivity contribution in [1.82, 2.24) is 29.4 Å². The summed E-state index contributed by atoms with van der Waals surface area (Å²) >= 11 is 5.90. The van der Waals surface area contributed by atoms with Gasteiger partial charge in [0.15, 0.2) is 0 Å². The number of aromatic nitrogens is 2. The second-order valence-corrected chi connectivity index (χ2v) is 16.7. The molecule has 3 saturated heterocycles. The molecule has 3 amide bonds.